The van der Waals surface area contributed by atoms with Gasteiger partial charge in [0.1, 0.15) is 4.84 Å². The van der Waals surface area contributed by atoms with Crippen LogP contribution in [0.1, 0.15) is 17.3 Å². The van der Waals surface area contributed by atoms with E-state index in [1.807, 2.05) is 0 Å². The normalized spacial score (nSPS) is 8.92. The number of carbonyl (C=O) groups is 1. The van der Waals surface area contributed by atoms with Gasteiger partial charge in [-0.25, -0.2) is 4.79 Å². The highest BCUT2D eigenvalue weighted by Gasteiger charge is 1.96. The van der Waals surface area contributed by atoms with E-state index in [-0.39, 0.29) is 4.84 Å². The third kappa shape index (κ3) is 7.62. The van der Waals surface area contributed by atoms with Crippen LogP contribution in [0.2, 0.25) is 0 Å². The highest BCUT2D eigenvalue weighted by atomic mass is 35.5. The Labute approximate surface area is 87.1 Å². The summed E-state index contributed by atoms with van der Waals surface area (Å²) in [6.45, 7) is 1.70. The van der Waals surface area contributed by atoms with E-state index in [2.05, 4.69) is 0 Å². The summed E-state index contributed by atoms with van der Waals surface area (Å²) in [6, 6.07) is 8.30. The van der Waals surface area contributed by atoms with Gasteiger partial charge in [-0.1, -0.05) is 18.2 Å². The first-order valence-electron chi connectivity index (χ1n) is 3.60. The molecule has 0 unspecified atom stereocenters. The lowest BCUT2D eigenvalue weighted by Crippen LogP contribution is -1.93. The first kappa shape index (κ1) is 12.3. The zero-order chi connectivity index (χ0) is 10.3. The Morgan fingerprint density at radius 2 is 1.69 bits per heavy atom. The fourth-order valence-electron chi connectivity index (χ4n) is 0.581. The molecule has 2 nitrogen and oxygen atoms in total. The lowest BCUT2D eigenvalue weighted by atomic mass is 10.2. The molecule has 0 saturated heterocycles. The summed E-state index contributed by atoms with van der Waals surface area (Å²) in [6.07, 6.45) is 0. The van der Waals surface area contributed by atoms with Crippen LogP contribution in [0.5, 0.6) is 0 Å². The molecule has 0 bridgehead atoms. The molecule has 0 aromatic heterocycles. The van der Waals surface area contributed by atoms with Crippen molar-refractivity contribution >= 4 is 29.2 Å². The van der Waals surface area contributed by atoms with Gasteiger partial charge in [0.15, 0.2) is 0 Å². The number of aromatic carboxylic acids is 1. The van der Waals surface area contributed by atoms with E-state index in [9.17, 15) is 4.79 Å². The molecular weight excluding hydrogens is 211 g/mol. The van der Waals surface area contributed by atoms with Gasteiger partial charge >= 0.3 is 5.97 Å². The van der Waals surface area contributed by atoms with Crippen molar-refractivity contribution in [1.82, 2.24) is 0 Å². The number of carboxylic acid groups (broad SMARTS) is 1. The Balaban J connectivity index is 0.000000310. The number of alkyl halides is 2. The molecule has 72 valence electrons. The van der Waals surface area contributed by atoms with Crippen LogP contribution in [0.3, 0.4) is 0 Å². The SMILES string of the molecule is CC(Cl)Cl.O=C(O)c1ccccc1. The van der Waals surface area contributed by atoms with E-state index < -0.39 is 5.97 Å². The van der Waals surface area contributed by atoms with E-state index in [1.54, 1.807) is 37.3 Å². The predicted octanol–water partition coefficient (Wildman–Crippen LogP) is 3.19. The molecule has 0 saturated carbocycles. The fraction of sp³-hybridized carbons (Fsp3) is 0.222. The standard InChI is InChI=1S/C7H6O2.C2H4Cl2/c8-7(9)6-4-2-1-3-5-6;1-2(3)4/h1-5H,(H,8,9);2H,1H3. The number of hydrogen-bond donors (Lipinski definition) is 1. The van der Waals surface area contributed by atoms with E-state index in [4.69, 9.17) is 28.3 Å². The summed E-state index contributed by atoms with van der Waals surface area (Å²) >= 11 is 10.1. The summed E-state index contributed by atoms with van der Waals surface area (Å²) in [5.74, 6) is -0.879. The van der Waals surface area contributed by atoms with Crippen molar-refractivity contribution in [2.24, 2.45) is 0 Å². The van der Waals surface area contributed by atoms with Crippen LogP contribution < -0.4 is 0 Å². The Morgan fingerprint density at radius 3 is 1.92 bits per heavy atom. The average molecular weight is 221 g/mol. The van der Waals surface area contributed by atoms with Gasteiger partial charge in [-0.15, -0.1) is 23.2 Å². The third-order valence-electron chi connectivity index (χ3n) is 1.02. The second kappa shape index (κ2) is 6.75. The van der Waals surface area contributed by atoms with E-state index in [1.165, 1.54) is 0 Å². The molecule has 0 heterocycles. The number of rotatable bonds is 1. The van der Waals surface area contributed by atoms with Crippen LogP contribution in [-0.4, -0.2) is 15.9 Å². The van der Waals surface area contributed by atoms with Crippen molar-refractivity contribution in [1.29, 1.82) is 0 Å². The van der Waals surface area contributed by atoms with Crippen molar-refractivity contribution in [2.75, 3.05) is 0 Å². The maximum Gasteiger partial charge on any atom is 0.335 e. The number of carboxylic acids is 1. The maximum absolute atomic E-state index is 10.2. The van der Waals surface area contributed by atoms with Crippen LogP contribution in [0.4, 0.5) is 0 Å². The van der Waals surface area contributed by atoms with Gasteiger partial charge < -0.3 is 5.11 Å². The van der Waals surface area contributed by atoms with Crippen LogP contribution in [0.15, 0.2) is 30.3 Å². The van der Waals surface area contributed by atoms with Crippen LogP contribution >= 0.6 is 23.2 Å². The van der Waals surface area contributed by atoms with Crippen molar-refractivity contribution in [3.8, 4) is 0 Å². The predicted molar refractivity (Wildman–Crippen MR) is 54.6 cm³/mol. The van der Waals surface area contributed by atoms with Gasteiger partial charge in [-0.2, -0.15) is 0 Å². The molecule has 13 heavy (non-hydrogen) atoms. The lowest BCUT2D eigenvalue weighted by molar-refractivity contribution is 0.0697. The van der Waals surface area contributed by atoms with Crippen molar-refractivity contribution in [3.05, 3.63) is 35.9 Å². The first-order chi connectivity index (χ1) is 6.04. The molecule has 0 radical (unpaired) electrons. The summed E-state index contributed by atoms with van der Waals surface area (Å²) in [5, 5.41) is 8.38. The number of hydrogen-bond acceptors (Lipinski definition) is 1. The fourth-order valence-corrected chi connectivity index (χ4v) is 0.581. The molecule has 0 aliphatic heterocycles. The van der Waals surface area contributed by atoms with Gasteiger partial charge in [0.2, 0.25) is 0 Å². The molecule has 0 aliphatic carbocycles. The molecule has 1 rings (SSSR count). The highest BCUT2D eigenvalue weighted by Crippen LogP contribution is 1.96. The molecule has 0 amide bonds. The van der Waals surface area contributed by atoms with Crippen LogP contribution in [0, 0.1) is 0 Å². The van der Waals surface area contributed by atoms with E-state index in [0.29, 0.717) is 5.56 Å². The summed E-state index contributed by atoms with van der Waals surface area (Å²) in [5.41, 5.74) is 0.331. The quantitative estimate of drug-likeness (QED) is 0.739. The van der Waals surface area contributed by atoms with Crippen LogP contribution in [-0.2, 0) is 0 Å². The van der Waals surface area contributed by atoms with Gasteiger partial charge in [0.25, 0.3) is 0 Å². The van der Waals surface area contributed by atoms with E-state index in [0.717, 1.165) is 0 Å². The Hall–Kier alpha value is -0.730. The van der Waals surface area contributed by atoms with Crippen molar-refractivity contribution in [2.45, 2.75) is 11.8 Å². The largest absolute Gasteiger partial charge is 0.478 e. The highest BCUT2D eigenvalue weighted by molar-refractivity contribution is 6.43. The molecular formula is C9H10Cl2O2. The summed E-state index contributed by atoms with van der Waals surface area (Å²) < 4.78 is 0. The van der Waals surface area contributed by atoms with Crippen molar-refractivity contribution in [3.63, 3.8) is 0 Å². The Bertz CT molecular complexity index is 244. The second-order valence-corrected chi connectivity index (χ2v) is 3.72. The minimum Gasteiger partial charge on any atom is -0.478 e. The lowest BCUT2D eigenvalue weighted by Gasteiger charge is -1.88. The second-order valence-electron chi connectivity index (χ2n) is 2.19. The summed E-state index contributed by atoms with van der Waals surface area (Å²) in [7, 11) is 0. The minimum absolute atomic E-state index is 0.222. The molecule has 0 fully saturated rings. The first-order valence-corrected chi connectivity index (χ1v) is 4.48. The topological polar surface area (TPSA) is 37.3 Å². The van der Waals surface area contributed by atoms with Gasteiger partial charge in [-0.05, 0) is 19.1 Å². The molecule has 4 heteroatoms. The Kier molecular flexibility index (Phi) is 6.37. The van der Waals surface area contributed by atoms with Crippen LogP contribution in [0.25, 0.3) is 0 Å². The van der Waals surface area contributed by atoms with Gasteiger partial charge in [-0.3, -0.25) is 0 Å². The molecule has 1 aromatic carbocycles. The third-order valence-corrected chi connectivity index (χ3v) is 1.02. The molecule has 1 N–H and O–H groups in total. The van der Waals surface area contributed by atoms with Crippen molar-refractivity contribution < 1.29 is 9.90 Å². The average Bonchev–Trinajstić information content (AvgIpc) is 2.05. The molecule has 1 aromatic rings. The molecule has 0 aliphatic rings. The zero-order valence-corrected chi connectivity index (χ0v) is 8.59. The van der Waals surface area contributed by atoms with Gasteiger partial charge in [0, 0.05) is 0 Å². The minimum atomic E-state index is -0.879. The number of halogens is 2. The monoisotopic (exact) mass is 220 g/mol. The smallest absolute Gasteiger partial charge is 0.335 e. The zero-order valence-electron chi connectivity index (χ0n) is 7.08. The summed E-state index contributed by atoms with van der Waals surface area (Å²) in [4.78, 5) is 9.98. The van der Waals surface area contributed by atoms with E-state index >= 15 is 0 Å². The maximum atomic E-state index is 10.2. The Morgan fingerprint density at radius 1 is 1.31 bits per heavy atom. The van der Waals surface area contributed by atoms with Gasteiger partial charge in [0.05, 0.1) is 5.56 Å². The molecule has 0 atom stereocenters. The molecule has 0 spiro atoms. The number of benzene rings is 1.